The number of methoxy groups -OCH3 is 1. The second kappa shape index (κ2) is 7.13. The van der Waals surface area contributed by atoms with Crippen LogP contribution in [0.3, 0.4) is 0 Å². The summed E-state index contributed by atoms with van der Waals surface area (Å²) in [5.74, 6) is 0. The van der Waals surface area contributed by atoms with E-state index in [-0.39, 0.29) is 6.10 Å². The second-order valence-electron chi connectivity index (χ2n) is 4.18. The maximum absolute atomic E-state index is 9.94. The Labute approximate surface area is 111 Å². The smallest absolute Gasteiger partial charge is 0.0766 e. The molecule has 98 valence electrons. The Morgan fingerprint density at radius 2 is 2.24 bits per heavy atom. The fourth-order valence-electron chi connectivity index (χ4n) is 1.83. The van der Waals surface area contributed by atoms with Crippen molar-refractivity contribution in [2.24, 2.45) is 7.05 Å². The van der Waals surface area contributed by atoms with E-state index in [1.165, 1.54) is 0 Å². The van der Waals surface area contributed by atoms with Gasteiger partial charge in [0.05, 0.1) is 22.0 Å². The van der Waals surface area contributed by atoms with E-state index in [1.54, 1.807) is 7.11 Å². The van der Waals surface area contributed by atoms with Crippen LogP contribution in [0.15, 0.2) is 4.47 Å². The van der Waals surface area contributed by atoms with Crippen molar-refractivity contribution >= 4 is 15.9 Å². The van der Waals surface area contributed by atoms with Crippen molar-refractivity contribution in [1.82, 2.24) is 9.78 Å². The molecule has 1 atom stereocenters. The van der Waals surface area contributed by atoms with E-state index < -0.39 is 0 Å². The molecular weight excluding hydrogens is 284 g/mol. The molecule has 0 amide bonds. The van der Waals surface area contributed by atoms with Crippen molar-refractivity contribution in [2.45, 2.75) is 38.7 Å². The summed E-state index contributed by atoms with van der Waals surface area (Å²) in [5, 5.41) is 14.4. The van der Waals surface area contributed by atoms with Crippen LogP contribution in [0.1, 0.15) is 31.2 Å². The molecule has 1 aromatic rings. The standard InChI is InChI=1S/C12H21BrN2O2/c1-4-10-12(13)11(15(2)14-10)8-9(16)6-5-7-17-3/h9,16H,4-8H2,1-3H3. The van der Waals surface area contributed by atoms with Gasteiger partial charge in [0.1, 0.15) is 0 Å². The molecule has 1 unspecified atom stereocenters. The Hall–Kier alpha value is -0.390. The van der Waals surface area contributed by atoms with Crippen LogP contribution in [0.25, 0.3) is 0 Å². The van der Waals surface area contributed by atoms with E-state index in [4.69, 9.17) is 4.74 Å². The highest BCUT2D eigenvalue weighted by molar-refractivity contribution is 9.10. The first-order chi connectivity index (χ1) is 8.10. The molecular formula is C12H21BrN2O2. The average Bonchev–Trinajstić information content (AvgIpc) is 2.57. The summed E-state index contributed by atoms with van der Waals surface area (Å²) in [4.78, 5) is 0. The topological polar surface area (TPSA) is 47.3 Å². The number of aliphatic hydroxyl groups is 1. The number of ether oxygens (including phenoxy) is 1. The van der Waals surface area contributed by atoms with Crippen LogP contribution in [0, 0.1) is 0 Å². The molecule has 0 saturated carbocycles. The van der Waals surface area contributed by atoms with Crippen LogP contribution < -0.4 is 0 Å². The van der Waals surface area contributed by atoms with E-state index in [0.717, 1.165) is 35.1 Å². The molecule has 0 spiro atoms. The maximum Gasteiger partial charge on any atom is 0.0766 e. The van der Waals surface area contributed by atoms with Crippen molar-refractivity contribution < 1.29 is 9.84 Å². The highest BCUT2D eigenvalue weighted by Gasteiger charge is 2.15. The number of hydrogen-bond donors (Lipinski definition) is 1. The highest BCUT2D eigenvalue weighted by atomic mass is 79.9. The normalized spacial score (nSPS) is 13.0. The summed E-state index contributed by atoms with van der Waals surface area (Å²) in [6, 6.07) is 0. The van der Waals surface area contributed by atoms with Gasteiger partial charge in [0.25, 0.3) is 0 Å². The van der Waals surface area contributed by atoms with Gasteiger partial charge in [0.2, 0.25) is 0 Å². The van der Waals surface area contributed by atoms with Crippen molar-refractivity contribution in [2.75, 3.05) is 13.7 Å². The third kappa shape index (κ3) is 4.08. The van der Waals surface area contributed by atoms with Crippen LogP contribution in [-0.4, -0.2) is 34.7 Å². The number of aryl methyl sites for hydroxylation is 2. The molecule has 0 saturated heterocycles. The number of nitrogens with zero attached hydrogens (tertiary/aromatic N) is 2. The molecule has 0 radical (unpaired) electrons. The first-order valence-electron chi connectivity index (χ1n) is 5.97. The molecule has 0 fully saturated rings. The fourth-order valence-corrected chi connectivity index (χ4v) is 2.61. The van der Waals surface area contributed by atoms with Gasteiger partial charge in [-0.3, -0.25) is 4.68 Å². The Balaban J connectivity index is 2.58. The first kappa shape index (κ1) is 14.7. The number of aromatic nitrogens is 2. The van der Waals surface area contributed by atoms with Crippen molar-refractivity contribution in [3.8, 4) is 0 Å². The largest absolute Gasteiger partial charge is 0.393 e. The summed E-state index contributed by atoms with van der Waals surface area (Å²) in [6.07, 6.45) is 2.84. The van der Waals surface area contributed by atoms with E-state index in [0.29, 0.717) is 13.0 Å². The number of rotatable bonds is 7. The molecule has 1 rings (SSSR count). The molecule has 1 N–H and O–H groups in total. The van der Waals surface area contributed by atoms with E-state index >= 15 is 0 Å². The van der Waals surface area contributed by atoms with E-state index in [1.807, 2.05) is 11.7 Å². The first-order valence-corrected chi connectivity index (χ1v) is 6.76. The second-order valence-corrected chi connectivity index (χ2v) is 4.97. The summed E-state index contributed by atoms with van der Waals surface area (Å²) in [7, 11) is 3.60. The van der Waals surface area contributed by atoms with Gasteiger partial charge in [-0.25, -0.2) is 0 Å². The van der Waals surface area contributed by atoms with Crippen LogP contribution in [0.5, 0.6) is 0 Å². The van der Waals surface area contributed by atoms with Gasteiger partial charge < -0.3 is 9.84 Å². The number of hydrogen-bond acceptors (Lipinski definition) is 3. The van der Waals surface area contributed by atoms with Gasteiger partial charge in [-0.05, 0) is 35.2 Å². The molecule has 0 aliphatic carbocycles. The Morgan fingerprint density at radius 1 is 1.53 bits per heavy atom. The molecule has 0 aliphatic heterocycles. The van der Waals surface area contributed by atoms with Gasteiger partial charge in [0.15, 0.2) is 0 Å². The highest BCUT2D eigenvalue weighted by Crippen LogP contribution is 2.23. The third-order valence-electron chi connectivity index (χ3n) is 2.82. The number of aliphatic hydroxyl groups excluding tert-OH is 1. The Kier molecular flexibility index (Phi) is 6.16. The Bertz CT molecular complexity index is 353. The van der Waals surface area contributed by atoms with Crippen molar-refractivity contribution in [1.29, 1.82) is 0 Å². The van der Waals surface area contributed by atoms with Gasteiger partial charge in [-0.1, -0.05) is 6.92 Å². The van der Waals surface area contributed by atoms with Gasteiger partial charge in [-0.2, -0.15) is 5.10 Å². The predicted octanol–water partition coefficient (Wildman–Crippen LogP) is 2.08. The quantitative estimate of drug-likeness (QED) is 0.785. The maximum atomic E-state index is 9.94. The van der Waals surface area contributed by atoms with Gasteiger partial charge in [-0.15, -0.1) is 0 Å². The van der Waals surface area contributed by atoms with E-state index in [9.17, 15) is 5.11 Å². The average molecular weight is 305 g/mol. The molecule has 0 bridgehead atoms. The van der Waals surface area contributed by atoms with Gasteiger partial charge >= 0.3 is 0 Å². The summed E-state index contributed by atoms with van der Waals surface area (Å²) < 4.78 is 7.86. The SMILES string of the molecule is CCc1nn(C)c(CC(O)CCCOC)c1Br. The lowest BCUT2D eigenvalue weighted by molar-refractivity contribution is 0.133. The fraction of sp³-hybridized carbons (Fsp3) is 0.750. The third-order valence-corrected chi connectivity index (χ3v) is 3.73. The summed E-state index contributed by atoms with van der Waals surface area (Å²) in [6.45, 7) is 2.77. The van der Waals surface area contributed by atoms with Crippen LogP contribution in [-0.2, 0) is 24.6 Å². The van der Waals surface area contributed by atoms with Crippen LogP contribution in [0.4, 0.5) is 0 Å². The zero-order valence-corrected chi connectivity index (χ0v) is 12.3. The molecule has 1 heterocycles. The molecule has 5 heteroatoms. The van der Waals surface area contributed by atoms with Crippen molar-refractivity contribution in [3.63, 3.8) is 0 Å². The molecule has 4 nitrogen and oxygen atoms in total. The molecule has 1 aromatic heterocycles. The number of halogens is 1. The van der Waals surface area contributed by atoms with Crippen LogP contribution in [0.2, 0.25) is 0 Å². The predicted molar refractivity (Wildman–Crippen MR) is 71.1 cm³/mol. The zero-order chi connectivity index (χ0) is 12.8. The molecule has 0 aliphatic rings. The molecule has 0 aromatic carbocycles. The monoisotopic (exact) mass is 304 g/mol. The van der Waals surface area contributed by atoms with Crippen LogP contribution >= 0.6 is 15.9 Å². The summed E-state index contributed by atoms with van der Waals surface area (Å²) in [5.41, 5.74) is 2.11. The molecule has 17 heavy (non-hydrogen) atoms. The minimum atomic E-state index is -0.332. The lowest BCUT2D eigenvalue weighted by Gasteiger charge is -2.10. The van der Waals surface area contributed by atoms with Crippen molar-refractivity contribution in [3.05, 3.63) is 15.9 Å². The lowest BCUT2D eigenvalue weighted by Crippen LogP contribution is -2.14. The minimum absolute atomic E-state index is 0.332. The van der Waals surface area contributed by atoms with Gasteiger partial charge in [0, 0.05) is 27.2 Å². The summed E-state index contributed by atoms with van der Waals surface area (Å²) >= 11 is 3.55. The zero-order valence-electron chi connectivity index (χ0n) is 10.7. The minimum Gasteiger partial charge on any atom is -0.393 e. The van der Waals surface area contributed by atoms with E-state index in [2.05, 4.69) is 28.0 Å². The lowest BCUT2D eigenvalue weighted by atomic mass is 10.1. The Morgan fingerprint density at radius 3 is 2.76 bits per heavy atom.